The molecule has 0 fully saturated rings. The van der Waals surface area contributed by atoms with Gasteiger partial charge in [-0.2, -0.15) is 0 Å². The Kier molecular flexibility index (Phi) is 1.45. The van der Waals surface area contributed by atoms with Crippen molar-refractivity contribution in [1.29, 1.82) is 0 Å². The second-order valence-corrected chi connectivity index (χ2v) is 2.26. The zero-order valence-electron chi connectivity index (χ0n) is 5.72. The third-order valence-electron chi connectivity index (χ3n) is 1.31. The molecule has 0 aromatic carbocycles. The fraction of sp³-hybridized carbons (Fsp3) is 0.125. The normalized spacial score (nSPS) is 18.5. The molecule has 0 atom stereocenters. The highest BCUT2D eigenvalue weighted by molar-refractivity contribution is 6.08. The van der Waals surface area contributed by atoms with Crippen LogP contribution in [0.3, 0.4) is 0 Å². The maximum Gasteiger partial charge on any atom is 0.223 e. The standard InChI is InChI=1S/C8H8O2/c1-5-3-6(2)8(10)7(9)4-5/h3-4,9H,1H2,2H3. The van der Waals surface area contributed by atoms with Crippen LogP contribution < -0.4 is 0 Å². The minimum absolute atomic E-state index is 0.218. The Morgan fingerprint density at radius 3 is 2.60 bits per heavy atom. The van der Waals surface area contributed by atoms with Crippen molar-refractivity contribution in [2.75, 3.05) is 0 Å². The van der Waals surface area contributed by atoms with E-state index >= 15 is 0 Å². The average molecular weight is 136 g/mol. The quantitative estimate of drug-likeness (QED) is 0.548. The van der Waals surface area contributed by atoms with Gasteiger partial charge in [-0.1, -0.05) is 6.58 Å². The fourth-order valence-corrected chi connectivity index (χ4v) is 0.828. The summed E-state index contributed by atoms with van der Waals surface area (Å²) in [5.74, 6) is -0.530. The summed E-state index contributed by atoms with van der Waals surface area (Å²) in [7, 11) is 0. The molecule has 0 amide bonds. The maximum absolute atomic E-state index is 10.8. The summed E-state index contributed by atoms with van der Waals surface area (Å²) in [6.45, 7) is 5.23. The Morgan fingerprint density at radius 1 is 1.50 bits per heavy atom. The molecule has 0 aliphatic heterocycles. The first-order valence-electron chi connectivity index (χ1n) is 2.94. The van der Waals surface area contributed by atoms with Crippen LogP contribution in [0.5, 0.6) is 0 Å². The highest BCUT2D eigenvalue weighted by Gasteiger charge is 2.13. The molecule has 1 rings (SSSR count). The lowest BCUT2D eigenvalue weighted by Crippen LogP contribution is -2.07. The van der Waals surface area contributed by atoms with E-state index in [1.807, 2.05) is 0 Å². The summed E-state index contributed by atoms with van der Waals surface area (Å²) < 4.78 is 0. The van der Waals surface area contributed by atoms with Crippen molar-refractivity contribution in [1.82, 2.24) is 0 Å². The monoisotopic (exact) mass is 136 g/mol. The van der Waals surface area contributed by atoms with Gasteiger partial charge in [0.05, 0.1) is 0 Å². The van der Waals surface area contributed by atoms with E-state index in [-0.39, 0.29) is 11.5 Å². The Labute approximate surface area is 59.2 Å². The summed E-state index contributed by atoms with van der Waals surface area (Å²) in [5, 5.41) is 8.93. The molecular weight excluding hydrogens is 128 g/mol. The van der Waals surface area contributed by atoms with Crippen molar-refractivity contribution >= 4 is 5.78 Å². The third-order valence-corrected chi connectivity index (χ3v) is 1.31. The van der Waals surface area contributed by atoms with Gasteiger partial charge in [0.15, 0.2) is 5.76 Å². The number of allylic oxidation sites excluding steroid dienone is 4. The fourth-order valence-electron chi connectivity index (χ4n) is 0.828. The number of ketones is 1. The van der Waals surface area contributed by atoms with Crippen molar-refractivity contribution in [3.05, 3.63) is 35.6 Å². The first-order valence-corrected chi connectivity index (χ1v) is 2.94. The van der Waals surface area contributed by atoms with Crippen molar-refractivity contribution in [2.24, 2.45) is 0 Å². The number of aliphatic hydroxyl groups excluding tert-OH is 1. The van der Waals surface area contributed by atoms with Crippen molar-refractivity contribution < 1.29 is 9.90 Å². The van der Waals surface area contributed by atoms with Crippen LogP contribution in [0.1, 0.15) is 6.92 Å². The smallest absolute Gasteiger partial charge is 0.223 e. The second kappa shape index (κ2) is 2.14. The van der Waals surface area contributed by atoms with Crippen LogP contribution in [0, 0.1) is 0 Å². The minimum atomic E-state index is -0.313. The molecular formula is C8H8O2. The van der Waals surface area contributed by atoms with Crippen molar-refractivity contribution in [3.63, 3.8) is 0 Å². The lowest BCUT2D eigenvalue weighted by Gasteiger charge is -2.05. The molecule has 0 spiro atoms. The molecule has 0 heterocycles. The van der Waals surface area contributed by atoms with Crippen molar-refractivity contribution in [3.8, 4) is 0 Å². The summed E-state index contributed by atoms with van der Waals surface area (Å²) in [6, 6.07) is 0. The molecule has 2 nitrogen and oxygen atoms in total. The largest absolute Gasteiger partial charge is 0.504 e. The van der Waals surface area contributed by atoms with E-state index < -0.39 is 0 Å². The van der Waals surface area contributed by atoms with Crippen LogP contribution >= 0.6 is 0 Å². The molecule has 0 radical (unpaired) electrons. The SMILES string of the molecule is C=C1C=C(C)C(=O)C(O)=C1. The van der Waals surface area contributed by atoms with E-state index in [2.05, 4.69) is 6.58 Å². The summed E-state index contributed by atoms with van der Waals surface area (Å²) in [5.41, 5.74) is 1.19. The zero-order chi connectivity index (χ0) is 7.72. The number of hydrogen-bond acceptors (Lipinski definition) is 2. The molecule has 52 valence electrons. The molecule has 0 saturated carbocycles. The molecule has 0 aromatic rings. The van der Waals surface area contributed by atoms with E-state index in [0.717, 1.165) is 0 Å². The van der Waals surface area contributed by atoms with Crippen LogP contribution in [0.2, 0.25) is 0 Å². The van der Waals surface area contributed by atoms with Crippen LogP contribution in [0.15, 0.2) is 35.6 Å². The topological polar surface area (TPSA) is 37.3 Å². The van der Waals surface area contributed by atoms with Gasteiger partial charge >= 0.3 is 0 Å². The Morgan fingerprint density at radius 2 is 2.10 bits per heavy atom. The predicted molar refractivity (Wildman–Crippen MR) is 38.6 cm³/mol. The molecule has 0 bridgehead atoms. The zero-order valence-corrected chi connectivity index (χ0v) is 5.72. The van der Waals surface area contributed by atoms with Gasteiger partial charge in [0, 0.05) is 5.57 Å². The number of carbonyl (C=O) groups is 1. The molecule has 1 aliphatic rings. The first-order chi connectivity index (χ1) is 4.61. The molecule has 0 unspecified atom stereocenters. The van der Waals surface area contributed by atoms with E-state index in [4.69, 9.17) is 5.11 Å². The van der Waals surface area contributed by atoms with Crippen LogP contribution in [0.25, 0.3) is 0 Å². The van der Waals surface area contributed by atoms with Crippen LogP contribution in [-0.2, 0) is 4.79 Å². The molecule has 10 heavy (non-hydrogen) atoms. The van der Waals surface area contributed by atoms with E-state index in [1.54, 1.807) is 13.0 Å². The predicted octanol–water partition coefficient (Wildman–Crippen LogP) is 1.51. The third kappa shape index (κ3) is 1.00. The van der Waals surface area contributed by atoms with Gasteiger partial charge in [0.1, 0.15) is 0 Å². The number of aliphatic hydroxyl groups is 1. The van der Waals surface area contributed by atoms with Crippen LogP contribution in [0.4, 0.5) is 0 Å². The summed E-state index contributed by atoms with van der Waals surface area (Å²) in [4.78, 5) is 10.8. The van der Waals surface area contributed by atoms with Gasteiger partial charge in [-0.3, -0.25) is 4.79 Å². The lowest BCUT2D eigenvalue weighted by atomic mass is 10.0. The van der Waals surface area contributed by atoms with Gasteiger partial charge in [-0.05, 0) is 24.6 Å². The molecule has 1 N–H and O–H groups in total. The number of rotatable bonds is 0. The van der Waals surface area contributed by atoms with Gasteiger partial charge < -0.3 is 5.11 Å². The summed E-state index contributed by atoms with van der Waals surface area (Å²) >= 11 is 0. The molecule has 0 aromatic heterocycles. The van der Waals surface area contributed by atoms with Gasteiger partial charge in [0.2, 0.25) is 5.78 Å². The summed E-state index contributed by atoms with van der Waals surface area (Å²) in [6.07, 6.45) is 3.00. The number of Topliss-reactive ketones (excluding diaryl/α,β-unsaturated/α-hetero) is 1. The molecule has 2 heteroatoms. The highest BCUT2D eigenvalue weighted by Crippen LogP contribution is 2.14. The number of carbonyl (C=O) groups excluding carboxylic acids is 1. The van der Waals surface area contributed by atoms with E-state index in [0.29, 0.717) is 11.1 Å². The van der Waals surface area contributed by atoms with Crippen LogP contribution in [-0.4, -0.2) is 10.9 Å². The first kappa shape index (κ1) is 6.81. The Hall–Kier alpha value is -1.31. The molecule has 0 saturated heterocycles. The van der Waals surface area contributed by atoms with Gasteiger partial charge in [-0.15, -0.1) is 0 Å². The number of hydrogen-bond donors (Lipinski definition) is 1. The van der Waals surface area contributed by atoms with Gasteiger partial charge in [0.25, 0.3) is 0 Å². The maximum atomic E-state index is 10.8. The Bertz CT molecular complexity index is 232. The van der Waals surface area contributed by atoms with Gasteiger partial charge in [-0.25, -0.2) is 0 Å². The second-order valence-electron chi connectivity index (χ2n) is 2.26. The van der Waals surface area contributed by atoms with E-state index in [9.17, 15) is 4.79 Å². The average Bonchev–Trinajstić information content (AvgIpc) is 1.82. The molecule has 1 aliphatic carbocycles. The minimum Gasteiger partial charge on any atom is -0.504 e. The Balaban J connectivity index is 3.05. The lowest BCUT2D eigenvalue weighted by molar-refractivity contribution is -0.114. The van der Waals surface area contributed by atoms with Crippen molar-refractivity contribution in [2.45, 2.75) is 6.92 Å². The van der Waals surface area contributed by atoms with E-state index in [1.165, 1.54) is 6.08 Å². The highest BCUT2D eigenvalue weighted by atomic mass is 16.3.